The van der Waals surface area contributed by atoms with Crippen molar-refractivity contribution in [3.8, 4) is 5.75 Å². The van der Waals surface area contributed by atoms with Crippen molar-refractivity contribution in [1.29, 1.82) is 0 Å². The summed E-state index contributed by atoms with van der Waals surface area (Å²) < 4.78 is 5.30. The predicted molar refractivity (Wildman–Crippen MR) is 90.1 cm³/mol. The number of rotatable bonds is 8. The van der Waals surface area contributed by atoms with Gasteiger partial charge in [-0.05, 0) is 48.9 Å². The van der Waals surface area contributed by atoms with Crippen LogP contribution < -0.4 is 10.1 Å². The van der Waals surface area contributed by atoms with E-state index in [1.165, 1.54) is 37.7 Å². The largest absolute Gasteiger partial charge is 0.497 e. The van der Waals surface area contributed by atoms with Crippen LogP contribution in [-0.4, -0.2) is 20.2 Å². The minimum absolute atomic E-state index is 0.327. The maximum Gasteiger partial charge on any atom is 0.118 e. The van der Waals surface area contributed by atoms with E-state index in [1.807, 2.05) is 0 Å². The summed E-state index contributed by atoms with van der Waals surface area (Å²) in [6.07, 6.45) is 6.43. The molecule has 0 bridgehead atoms. The van der Waals surface area contributed by atoms with Gasteiger partial charge in [-0.15, -0.1) is 0 Å². The molecule has 1 aliphatic carbocycles. The lowest BCUT2D eigenvalue weighted by molar-refractivity contribution is 0.0130. The molecule has 0 unspecified atom stereocenters. The van der Waals surface area contributed by atoms with Crippen LogP contribution in [-0.2, 0) is 5.41 Å². The number of hydrogen-bond donors (Lipinski definition) is 1. The molecule has 118 valence electrons. The van der Waals surface area contributed by atoms with Gasteiger partial charge in [0.2, 0.25) is 0 Å². The fourth-order valence-corrected chi connectivity index (χ4v) is 4.01. The minimum Gasteiger partial charge on any atom is -0.497 e. The Hall–Kier alpha value is -1.02. The van der Waals surface area contributed by atoms with Gasteiger partial charge in [0, 0.05) is 12.0 Å². The van der Waals surface area contributed by atoms with Crippen LogP contribution >= 0.6 is 0 Å². The molecular weight excluding hydrogens is 258 g/mol. The lowest BCUT2D eigenvalue weighted by atomic mass is 9.48. The predicted octanol–water partition coefficient (Wildman–Crippen LogP) is 4.53. The summed E-state index contributed by atoms with van der Waals surface area (Å²) in [5.74, 6) is 0.951. The molecule has 1 fully saturated rings. The van der Waals surface area contributed by atoms with Crippen molar-refractivity contribution in [2.24, 2.45) is 5.41 Å². The standard InChI is InChI=1S/C19H31NO/c1-5-12-20-15-19(13-18(6-2,7-3)14-19)16-8-10-17(21-4)11-9-16/h8-11,20H,5-7,12-15H2,1-4H3. The first-order chi connectivity index (χ1) is 10.1. The second kappa shape index (κ2) is 6.83. The Morgan fingerprint density at radius 2 is 1.67 bits per heavy atom. The number of methoxy groups -OCH3 is 1. The van der Waals surface area contributed by atoms with Gasteiger partial charge in [-0.3, -0.25) is 0 Å². The summed E-state index contributed by atoms with van der Waals surface area (Å²) in [5, 5.41) is 3.66. The molecule has 0 aromatic heterocycles. The van der Waals surface area contributed by atoms with Crippen molar-refractivity contribution < 1.29 is 4.74 Å². The van der Waals surface area contributed by atoms with Crippen LogP contribution in [0.2, 0.25) is 0 Å². The number of nitrogens with one attached hydrogen (secondary N) is 1. The molecule has 0 heterocycles. The number of hydrogen-bond acceptors (Lipinski definition) is 2. The first-order valence-electron chi connectivity index (χ1n) is 8.49. The van der Waals surface area contributed by atoms with E-state index in [-0.39, 0.29) is 0 Å². The summed E-state index contributed by atoms with van der Waals surface area (Å²) in [5.41, 5.74) is 2.37. The van der Waals surface area contributed by atoms with Crippen LogP contribution in [0.4, 0.5) is 0 Å². The topological polar surface area (TPSA) is 21.3 Å². The Morgan fingerprint density at radius 3 is 2.14 bits per heavy atom. The van der Waals surface area contributed by atoms with E-state index >= 15 is 0 Å². The monoisotopic (exact) mass is 289 g/mol. The minimum atomic E-state index is 0.327. The van der Waals surface area contributed by atoms with Crippen LogP contribution in [0.3, 0.4) is 0 Å². The zero-order valence-electron chi connectivity index (χ0n) is 14.2. The summed E-state index contributed by atoms with van der Waals surface area (Å²) in [7, 11) is 1.73. The molecule has 2 nitrogen and oxygen atoms in total. The molecule has 1 aromatic carbocycles. The van der Waals surface area contributed by atoms with Gasteiger partial charge in [0.15, 0.2) is 0 Å². The third kappa shape index (κ3) is 3.26. The first-order valence-corrected chi connectivity index (χ1v) is 8.49. The van der Waals surface area contributed by atoms with Crippen LogP contribution in [0.25, 0.3) is 0 Å². The molecule has 0 spiro atoms. The highest BCUT2D eigenvalue weighted by molar-refractivity contribution is 5.36. The van der Waals surface area contributed by atoms with Crippen molar-refractivity contribution in [3.05, 3.63) is 29.8 Å². The smallest absolute Gasteiger partial charge is 0.118 e. The second-order valence-electron chi connectivity index (χ2n) is 6.75. The molecule has 0 atom stereocenters. The zero-order valence-corrected chi connectivity index (χ0v) is 14.2. The third-order valence-corrected chi connectivity index (χ3v) is 5.52. The number of ether oxygens (including phenoxy) is 1. The maximum absolute atomic E-state index is 5.30. The Morgan fingerprint density at radius 1 is 1.05 bits per heavy atom. The molecule has 21 heavy (non-hydrogen) atoms. The van der Waals surface area contributed by atoms with Crippen molar-refractivity contribution in [1.82, 2.24) is 5.32 Å². The van der Waals surface area contributed by atoms with Crippen LogP contribution in [0.5, 0.6) is 5.75 Å². The van der Waals surface area contributed by atoms with Gasteiger partial charge in [-0.1, -0.05) is 45.7 Å². The molecule has 2 heteroatoms. The molecule has 0 saturated heterocycles. The van der Waals surface area contributed by atoms with E-state index in [0.717, 1.165) is 18.8 Å². The number of benzene rings is 1. The van der Waals surface area contributed by atoms with Crippen molar-refractivity contribution in [3.63, 3.8) is 0 Å². The molecular formula is C19H31NO. The summed E-state index contributed by atoms with van der Waals surface area (Å²) in [6.45, 7) is 9.15. The van der Waals surface area contributed by atoms with E-state index in [0.29, 0.717) is 10.8 Å². The van der Waals surface area contributed by atoms with Gasteiger partial charge in [-0.25, -0.2) is 0 Å². The van der Waals surface area contributed by atoms with Crippen molar-refractivity contribution in [2.45, 2.75) is 58.3 Å². The summed E-state index contributed by atoms with van der Waals surface area (Å²) in [6, 6.07) is 8.74. The quantitative estimate of drug-likeness (QED) is 0.710. The highest BCUT2D eigenvalue weighted by atomic mass is 16.5. The van der Waals surface area contributed by atoms with Gasteiger partial charge < -0.3 is 10.1 Å². The molecule has 1 aliphatic rings. The Balaban J connectivity index is 2.16. The molecule has 0 aliphatic heterocycles. The second-order valence-corrected chi connectivity index (χ2v) is 6.75. The van der Waals surface area contributed by atoms with E-state index in [1.54, 1.807) is 7.11 Å². The molecule has 0 amide bonds. The van der Waals surface area contributed by atoms with Gasteiger partial charge in [0.1, 0.15) is 5.75 Å². The van der Waals surface area contributed by atoms with Crippen LogP contribution in [0.1, 0.15) is 58.4 Å². The van der Waals surface area contributed by atoms with Crippen molar-refractivity contribution >= 4 is 0 Å². The van der Waals surface area contributed by atoms with Gasteiger partial charge in [0.05, 0.1) is 7.11 Å². The Kier molecular flexibility index (Phi) is 5.32. The van der Waals surface area contributed by atoms with E-state index in [2.05, 4.69) is 50.4 Å². The Bertz CT molecular complexity index is 425. The average Bonchev–Trinajstić information content (AvgIpc) is 2.50. The highest BCUT2D eigenvalue weighted by Crippen LogP contribution is 2.59. The fraction of sp³-hybridized carbons (Fsp3) is 0.684. The maximum atomic E-state index is 5.30. The van der Waals surface area contributed by atoms with E-state index < -0.39 is 0 Å². The van der Waals surface area contributed by atoms with Crippen molar-refractivity contribution in [2.75, 3.05) is 20.2 Å². The molecule has 1 N–H and O–H groups in total. The van der Waals surface area contributed by atoms with Gasteiger partial charge in [-0.2, -0.15) is 0 Å². The summed E-state index contributed by atoms with van der Waals surface area (Å²) in [4.78, 5) is 0. The molecule has 1 saturated carbocycles. The van der Waals surface area contributed by atoms with Crippen LogP contribution in [0, 0.1) is 5.41 Å². The average molecular weight is 289 g/mol. The first kappa shape index (κ1) is 16.4. The van der Waals surface area contributed by atoms with E-state index in [9.17, 15) is 0 Å². The Labute approximate surface area is 130 Å². The van der Waals surface area contributed by atoms with Crippen LogP contribution in [0.15, 0.2) is 24.3 Å². The SMILES string of the molecule is CCCNCC1(c2ccc(OC)cc2)CC(CC)(CC)C1. The third-order valence-electron chi connectivity index (χ3n) is 5.52. The molecule has 1 aromatic rings. The van der Waals surface area contributed by atoms with Gasteiger partial charge in [0.25, 0.3) is 0 Å². The lowest BCUT2D eigenvalue weighted by Crippen LogP contribution is -2.54. The normalized spacial score (nSPS) is 19.0. The van der Waals surface area contributed by atoms with Gasteiger partial charge >= 0.3 is 0 Å². The summed E-state index contributed by atoms with van der Waals surface area (Å²) >= 11 is 0. The van der Waals surface area contributed by atoms with E-state index in [4.69, 9.17) is 4.74 Å². The zero-order chi connectivity index (χ0) is 15.3. The molecule has 0 radical (unpaired) electrons. The lowest BCUT2D eigenvalue weighted by Gasteiger charge is -2.57. The fourth-order valence-electron chi connectivity index (χ4n) is 4.01. The highest BCUT2D eigenvalue weighted by Gasteiger charge is 2.52. The molecule has 2 rings (SSSR count).